The number of primary amides is 1. The summed E-state index contributed by atoms with van der Waals surface area (Å²) in [5, 5.41) is 14.5. The van der Waals surface area contributed by atoms with Gasteiger partial charge < -0.3 is 16.6 Å². The standard InChI is InChI=1S/C15H11N7O2/c1-6-8(23)3-2-7-11(6)21-12-10(9(13(21)16)14(17)24)18-4-20-5-19-22(7)15(12)20/h2-5,16H,1H3,(H3,17,23,24)/p+1. The number of anilines is 1. The zero-order valence-corrected chi connectivity index (χ0v) is 12.6. The number of aromatic hydroxyl groups is 1. The molecule has 0 radical (unpaired) electrons. The molecule has 0 saturated heterocycles. The SMILES string of the molecule is Cc1c(O)ccc2c1n1c(N)c(C(N)=O)c3nc[n+]4cnn2c4c31. The quantitative estimate of drug-likeness (QED) is 0.296. The van der Waals surface area contributed by atoms with Gasteiger partial charge in [0.15, 0.2) is 11.0 Å². The maximum atomic E-state index is 11.9. The molecule has 1 amide bonds. The average Bonchev–Trinajstić information content (AvgIpc) is 3.09. The fourth-order valence-corrected chi connectivity index (χ4v) is 3.44. The topological polar surface area (TPSA) is 128 Å². The third kappa shape index (κ3) is 1.22. The van der Waals surface area contributed by atoms with E-state index in [0.29, 0.717) is 22.1 Å². The first kappa shape index (κ1) is 12.9. The number of carbonyl (C=O) groups excluding carboxylic acids is 1. The van der Waals surface area contributed by atoms with E-state index in [0.717, 1.165) is 11.2 Å². The average molecular weight is 322 g/mol. The van der Waals surface area contributed by atoms with Crippen LogP contribution in [0.5, 0.6) is 5.75 Å². The van der Waals surface area contributed by atoms with Crippen molar-refractivity contribution in [3.63, 3.8) is 0 Å². The Morgan fingerprint density at radius 1 is 1.29 bits per heavy atom. The molecule has 5 rings (SSSR count). The van der Waals surface area contributed by atoms with E-state index in [-0.39, 0.29) is 17.1 Å². The highest BCUT2D eigenvalue weighted by molar-refractivity contribution is 6.13. The molecule has 0 fully saturated rings. The van der Waals surface area contributed by atoms with Crippen molar-refractivity contribution in [2.45, 2.75) is 6.92 Å². The van der Waals surface area contributed by atoms with Crippen LogP contribution in [0.3, 0.4) is 0 Å². The summed E-state index contributed by atoms with van der Waals surface area (Å²) in [6.07, 6.45) is 3.19. The maximum Gasteiger partial charge on any atom is 0.268 e. The number of aryl methyl sites for hydroxylation is 1. The number of fused-ring (bicyclic) bond motifs is 3. The van der Waals surface area contributed by atoms with E-state index < -0.39 is 5.91 Å². The highest BCUT2D eigenvalue weighted by atomic mass is 16.3. The molecule has 9 nitrogen and oxygen atoms in total. The second-order valence-corrected chi connectivity index (χ2v) is 5.75. The van der Waals surface area contributed by atoms with Crippen molar-refractivity contribution in [3.05, 3.63) is 35.9 Å². The van der Waals surface area contributed by atoms with Crippen LogP contribution in [0.15, 0.2) is 24.8 Å². The number of nitrogens with two attached hydrogens (primary N) is 2. The predicted octanol–water partition coefficient (Wildman–Crippen LogP) is 0.00682. The molecule has 118 valence electrons. The number of aromatic nitrogens is 5. The van der Waals surface area contributed by atoms with E-state index in [1.165, 1.54) is 0 Å². The fourth-order valence-electron chi connectivity index (χ4n) is 3.44. The fraction of sp³-hybridized carbons (Fsp3) is 0.0667. The predicted molar refractivity (Wildman–Crippen MR) is 85.1 cm³/mol. The Bertz CT molecular complexity index is 1310. The van der Waals surface area contributed by atoms with E-state index in [1.54, 1.807) is 45.0 Å². The Labute approximate surface area is 133 Å². The number of rotatable bonds is 1. The molecule has 0 saturated carbocycles. The van der Waals surface area contributed by atoms with Gasteiger partial charge in [0.25, 0.3) is 11.6 Å². The Balaban J connectivity index is 2.28. The van der Waals surface area contributed by atoms with Gasteiger partial charge in [0.2, 0.25) is 12.7 Å². The van der Waals surface area contributed by atoms with Crippen LogP contribution in [0.1, 0.15) is 15.9 Å². The monoisotopic (exact) mass is 322 g/mol. The van der Waals surface area contributed by atoms with Crippen molar-refractivity contribution >= 4 is 39.4 Å². The van der Waals surface area contributed by atoms with Gasteiger partial charge in [-0.05, 0) is 24.2 Å². The van der Waals surface area contributed by atoms with E-state index in [1.807, 2.05) is 0 Å². The first-order chi connectivity index (χ1) is 11.5. The minimum Gasteiger partial charge on any atom is -0.508 e. The Morgan fingerprint density at radius 3 is 2.83 bits per heavy atom. The summed E-state index contributed by atoms with van der Waals surface area (Å²) in [7, 11) is 0. The number of amides is 1. The van der Waals surface area contributed by atoms with Crippen LogP contribution in [-0.4, -0.2) is 30.0 Å². The van der Waals surface area contributed by atoms with Gasteiger partial charge in [-0.15, -0.1) is 9.50 Å². The second kappa shape index (κ2) is 3.82. The van der Waals surface area contributed by atoms with Gasteiger partial charge in [-0.2, -0.15) is 4.40 Å². The zero-order chi connectivity index (χ0) is 16.7. The maximum absolute atomic E-state index is 11.9. The van der Waals surface area contributed by atoms with Crippen LogP contribution in [0.25, 0.3) is 27.7 Å². The minimum absolute atomic E-state index is 0.124. The first-order valence-corrected chi connectivity index (χ1v) is 7.21. The first-order valence-electron chi connectivity index (χ1n) is 7.21. The number of hydrogen-bond acceptors (Lipinski definition) is 5. The largest absolute Gasteiger partial charge is 0.508 e. The van der Waals surface area contributed by atoms with Crippen LogP contribution in [0.4, 0.5) is 5.82 Å². The van der Waals surface area contributed by atoms with Crippen LogP contribution in [0, 0.1) is 6.92 Å². The summed E-state index contributed by atoms with van der Waals surface area (Å²) in [6, 6.07) is 3.35. The third-order valence-corrected chi connectivity index (χ3v) is 4.52. The molecule has 1 aromatic carbocycles. The smallest absolute Gasteiger partial charge is 0.268 e. The summed E-state index contributed by atoms with van der Waals surface area (Å²) in [5.41, 5.74) is 15.7. The molecular formula is C15H12N7O2+. The van der Waals surface area contributed by atoms with E-state index >= 15 is 0 Å². The van der Waals surface area contributed by atoms with Crippen molar-refractivity contribution in [3.8, 4) is 5.75 Å². The summed E-state index contributed by atoms with van der Waals surface area (Å²) < 4.78 is 5.19. The number of phenols is 1. The number of benzene rings is 1. The number of phenolic OH excluding ortho intramolecular Hbond substituents is 1. The van der Waals surface area contributed by atoms with Crippen molar-refractivity contribution in [2.24, 2.45) is 5.73 Å². The van der Waals surface area contributed by atoms with Gasteiger partial charge in [0.1, 0.15) is 22.6 Å². The molecule has 5 aromatic rings. The zero-order valence-electron chi connectivity index (χ0n) is 12.6. The lowest BCUT2D eigenvalue weighted by molar-refractivity contribution is -0.514. The molecule has 0 bridgehead atoms. The Hall–Kier alpha value is -3.62. The summed E-state index contributed by atoms with van der Waals surface area (Å²) in [5.74, 6) is -0.333. The minimum atomic E-state index is -0.652. The molecule has 0 aliphatic heterocycles. The summed E-state index contributed by atoms with van der Waals surface area (Å²) >= 11 is 0. The molecule has 9 heteroatoms. The van der Waals surface area contributed by atoms with Crippen molar-refractivity contribution in [2.75, 3.05) is 5.73 Å². The normalized spacial score (nSPS) is 12.2. The van der Waals surface area contributed by atoms with Gasteiger partial charge >= 0.3 is 0 Å². The van der Waals surface area contributed by atoms with Crippen molar-refractivity contribution in [1.29, 1.82) is 0 Å². The van der Waals surface area contributed by atoms with Crippen LogP contribution >= 0.6 is 0 Å². The molecule has 24 heavy (non-hydrogen) atoms. The highest BCUT2D eigenvalue weighted by Crippen LogP contribution is 2.35. The third-order valence-electron chi connectivity index (χ3n) is 4.52. The number of carbonyl (C=O) groups is 1. The van der Waals surface area contributed by atoms with Gasteiger partial charge in [-0.25, -0.2) is 0 Å². The van der Waals surface area contributed by atoms with Gasteiger partial charge in [0.05, 0.1) is 5.52 Å². The highest BCUT2D eigenvalue weighted by Gasteiger charge is 2.30. The lowest BCUT2D eigenvalue weighted by Gasteiger charge is -2.09. The molecule has 4 aromatic heterocycles. The lowest BCUT2D eigenvalue weighted by Crippen LogP contribution is -2.21. The Kier molecular flexibility index (Phi) is 2.05. The van der Waals surface area contributed by atoms with Crippen LogP contribution in [0.2, 0.25) is 0 Å². The molecule has 0 spiro atoms. The molecule has 4 heterocycles. The van der Waals surface area contributed by atoms with Crippen LogP contribution in [-0.2, 0) is 0 Å². The molecule has 0 atom stereocenters. The molecule has 5 N–H and O–H groups in total. The molecule has 0 aliphatic rings. The summed E-state index contributed by atoms with van der Waals surface area (Å²) in [4.78, 5) is 16.3. The van der Waals surface area contributed by atoms with Gasteiger partial charge in [-0.3, -0.25) is 9.20 Å². The van der Waals surface area contributed by atoms with Gasteiger partial charge in [-0.1, -0.05) is 0 Å². The number of nitrogen functional groups attached to an aromatic ring is 1. The number of nitrogens with zero attached hydrogens (tertiary/aromatic N) is 5. The van der Waals surface area contributed by atoms with Crippen LogP contribution < -0.4 is 15.9 Å². The molecule has 0 aliphatic carbocycles. The van der Waals surface area contributed by atoms with Crippen molar-refractivity contribution < 1.29 is 14.3 Å². The second-order valence-electron chi connectivity index (χ2n) is 5.75. The van der Waals surface area contributed by atoms with Crippen molar-refractivity contribution in [1.82, 2.24) is 19.0 Å². The number of hydrogen-bond donors (Lipinski definition) is 3. The van der Waals surface area contributed by atoms with E-state index in [4.69, 9.17) is 11.5 Å². The molecule has 0 unspecified atom stereocenters. The summed E-state index contributed by atoms with van der Waals surface area (Å²) in [6.45, 7) is 1.78. The van der Waals surface area contributed by atoms with E-state index in [2.05, 4.69) is 10.1 Å². The van der Waals surface area contributed by atoms with E-state index in [9.17, 15) is 9.90 Å². The molecular weight excluding hydrogens is 310 g/mol. The van der Waals surface area contributed by atoms with Gasteiger partial charge in [0, 0.05) is 5.56 Å². The lowest BCUT2D eigenvalue weighted by atomic mass is 10.1. The Morgan fingerprint density at radius 2 is 2.08 bits per heavy atom.